The molecule has 6 heteroatoms. The van der Waals surface area contributed by atoms with E-state index in [0.29, 0.717) is 11.9 Å². The van der Waals surface area contributed by atoms with Crippen LogP contribution in [0.15, 0.2) is 57.1 Å². The van der Waals surface area contributed by atoms with Gasteiger partial charge in [-0.1, -0.05) is 40.7 Å². The van der Waals surface area contributed by atoms with Gasteiger partial charge >= 0.3 is 0 Å². The maximum Gasteiger partial charge on any atom is 0.262 e. The Morgan fingerprint density at radius 1 is 1.30 bits per heavy atom. The minimum absolute atomic E-state index is 0.0202. The van der Waals surface area contributed by atoms with E-state index in [1.54, 1.807) is 22.5 Å². The van der Waals surface area contributed by atoms with Gasteiger partial charge in [0.15, 0.2) is 5.16 Å². The first-order chi connectivity index (χ1) is 11.2. The van der Waals surface area contributed by atoms with Crippen molar-refractivity contribution in [2.45, 2.75) is 30.8 Å². The highest BCUT2D eigenvalue weighted by Crippen LogP contribution is 2.23. The van der Waals surface area contributed by atoms with Gasteiger partial charge in [-0.3, -0.25) is 14.3 Å². The molecule has 3 aromatic rings. The molecule has 0 radical (unpaired) electrons. The van der Waals surface area contributed by atoms with Crippen LogP contribution in [0.5, 0.6) is 0 Å². The van der Waals surface area contributed by atoms with Crippen molar-refractivity contribution in [2.24, 2.45) is 0 Å². The van der Waals surface area contributed by atoms with Gasteiger partial charge in [-0.2, -0.15) is 0 Å². The summed E-state index contributed by atoms with van der Waals surface area (Å²) in [7, 11) is 0. The zero-order valence-corrected chi connectivity index (χ0v) is 15.1. The third kappa shape index (κ3) is 3.64. The maximum absolute atomic E-state index is 12.8. The first-order valence-electron chi connectivity index (χ1n) is 7.41. The average molecular weight is 390 g/mol. The number of aromatic nitrogens is 3. The van der Waals surface area contributed by atoms with E-state index in [1.165, 1.54) is 0 Å². The van der Waals surface area contributed by atoms with E-state index in [1.807, 2.05) is 36.5 Å². The zero-order chi connectivity index (χ0) is 16.2. The van der Waals surface area contributed by atoms with E-state index >= 15 is 0 Å². The minimum Gasteiger partial charge on any atom is -0.287 e. The van der Waals surface area contributed by atoms with E-state index < -0.39 is 0 Å². The molecule has 3 rings (SSSR count). The Kier molecular flexibility index (Phi) is 5.13. The fourth-order valence-electron chi connectivity index (χ4n) is 2.34. The van der Waals surface area contributed by atoms with Gasteiger partial charge in [-0.15, -0.1) is 0 Å². The maximum atomic E-state index is 12.8. The number of hydrogen-bond acceptors (Lipinski definition) is 4. The summed E-state index contributed by atoms with van der Waals surface area (Å²) >= 11 is 5.00. The lowest BCUT2D eigenvalue weighted by Gasteiger charge is -2.12. The number of halogens is 1. The van der Waals surface area contributed by atoms with Crippen molar-refractivity contribution in [3.8, 4) is 0 Å². The van der Waals surface area contributed by atoms with E-state index in [0.717, 1.165) is 32.9 Å². The van der Waals surface area contributed by atoms with E-state index in [9.17, 15) is 4.79 Å². The van der Waals surface area contributed by atoms with Crippen LogP contribution in [0.2, 0.25) is 0 Å². The molecule has 0 N–H and O–H groups in total. The normalized spacial score (nSPS) is 11.0. The second kappa shape index (κ2) is 7.27. The molecule has 118 valence electrons. The SMILES string of the molecule is CCCn1c(SCc2cccnc2)nc2ccc(Br)cc2c1=O. The van der Waals surface area contributed by atoms with Crippen LogP contribution in [-0.4, -0.2) is 14.5 Å². The van der Waals surface area contributed by atoms with Gasteiger partial charge in [0, 0.05) is 29.2 Å². The van der Waals surface area contributed by atoms with Crippen molar-refractivity contribution in [3.05, 3.63) is 63.1 Å². The van der Waals surface area contributed by atoms with Crippen molar-refractivity contribution in [1.29, 1.82) is 0 Å². The smallest absolute Gasteiger partial charge is 0.262 e. The van der Waals surface area contributed by atoms with Gasteiger partial charge in [-0.05, 0) is 36.2 Å². The van der Waals surface area contributed by atoms with Crippen LogP contribution >= 0.6 is 27.7 Å². The van der Waals surface area contributed by atoms with Crippen LogP contribution < -0.4 is 5.56 Å². The molecule has 0 saturated carbocycles. The molecule has 0 aliphatic carbocycles. The van der Waals surface area contributed by atoms with Crippen LogP contribution in [0.4, 0.5) is 0 Å². The summed E-state index contributed by atoms with van der Waals surface area (Å²) in [5, 5.41) is 1.41. The number of fused-ring (bicyclic) bond motifs is 1. The van der Waals surface area contributed by atoms with Crippen LogP contribution in [0.1, 0.15) is 18.9 Å². The Balaban J connectivity index is 2.02. The largest absolute Gasteiger partial charge is 0.287 e. The fraction of sp³-hybridized carbons (Fsp3) is 0.235. The minimum atomic E-state index is 0.0202. The summed E-state index contributed by atoms with van der Waals surface area (Å²) in [6.45, 7) is 2.73. The quantitative estimate of drug-likeness (QED) is 0.483. The van der Waals surface area contributed by atoms with Gasteiger partial charge in [0.25, 0.3) is 5.56 Å². The third-order valence-electron chi connectivity index (χ3n) is 3.42. The van der Waals surface area contributed by atoms with Crippen molar-refractivity contribution >= 4 is 38.6 Å². The molecule has 0 amide bonds. The van der Waals surface area contributed by atoms with E-state index in [4.69, 9.17) is 4.98 Å². The molecule has 4 nitrogen and oxygen atoms in total. The summed E-state index contributed by atoms with van der Waals surface area (Å²) in [5.74, 6) is 0.742. The molecule has 0 saturated heterocycles. The van der Waals surface area contributed by atoms with Crippen LogP contribution in [0.25, 0.3) is 10.9 Å². The first-order valence-corrected chi connectivity index (χ1v) is 9.18. The molecule has 0 aliphatic heterocycles. The number of benzene rings is 1. The Labute approximate surface area is 147 Å². The molecule has 0 atom stereocenters. The van der Waals surface area contributed by atoms with Crippen LogP contribution in [0.3, 0.4) is 0 Å². The van der Waals surface area contributed by atoms with Crippen LogP contribution in [0, 0.1) is 0 Å². The van der Waals surface area contributed by atoms with Gasteiger partial charge in [-0.25, -0.2) is 4.98 Å². The number of rotatable bonds is 5. The molecule has 2 heterocycles. The lowest BCUT2D eigenvalue weighted by atomic mass is 10.2. The highest BCUT2D eigenvalue weighted by Gasteiger charge is 2.11. The van der Waals surface area contributed by atoms with E-state index in [-0.39, 0.29) is 5.56 Å². The second-order valence-electron chi connectivity index (χ2n) is 5.16. The highest BCUT2D eigenvalue weighted by molar-refractivity contribution is 9.10. The molecule has 0 bridgehead atoms. The van der Waals surface area contributed by atoms with Gasteiger partial charge in [0.2, 0.25) is 0 Å². The van der Waals surface area contributed by atoms with Gasteiger partial charge < -0.3 is 0 Å². The van der Waals surface area contributed by atoms with Crippen molar-refractivity contribution in [2.75, 3.05) is 0 Å². The molecule has 0 fully saturated rings. The Morgan fingerprint density at radius 2 is 2.17 bits per heavy atom. The second-order valence-corrected chi connectivity index (χ2v) is 7.02. The summed E-state index contributed by atoms with van der Waals surface area (Å²) < 4.78 is 2.67. The third-order valence-corrected chi connectivity index (χ3v) is 4.96. The molecule has 0 spiro atoms. The number of hydrogen-bond donors (Lipinski definition) is 0. The average Bonchev–Trinajstić information content (AvgIpc) is 2.57. The van der Waals surface area contributed by atoms with Gasteiger partial charge in [0.1, 0.15) is 0 Å². The molecular weight excluding hydrogens is 374 g/mol. The molecular formula is C17H16BrN3OS. The standard InChI is InChI=1S/C17H16BrN3OS/c1-2-8-21-16(22)14-9-13(18)5-6-15(14)20-17(21)23-11-12-4-3-7-19-10-12/h3-7,9-10H,2,8,11H2,1H3. The Morgan fingerprint density at radius 3 is 2.91 bits per heavy atom. The molecule has 1 aromatic carbocycles. The van der Waals surface area contributed by atoms with Crippen molar-refractivity contribution in [3.63, 3.8) is 0 Å². The number of nitrogens with zero attached hydrogens (tertiary/aromatic N) is 3. The topological polar surface area (TPSA) is 47.8 Å². The Hall–Kier alpha value is -1.66. The predicted molar refractivity (Wildman–Crippen MR) is 97.8 cm³/mol. The van der Waals surface area contributed by atoms with Crippen LogP contribution in [-0.2, 0) is 12.3 Å². The lowest BCUT2D eigenvalue weighted by molar-refractivity contribution is 0.584. The van der Waals surface area contributed by atoms with Gasteiger partial charge in [0.05, 0.1) is 10.9 Å². The molecule has 0 unspecified atom stereocenters. The molecule has 2 aromatic heterocycles. The summed E-state index contributed by atoms with van der Waals surface area (Å²) in [4.78, 5) is 21.6. The fourth-order valence-corrected chi connectivity index (χ4v) is 3.66. The first kappa shape index (κ1) is 16.2. The summed E-state index contributed by atoms with van der Waals surface area (Å²) in [6.07, 6.45) is 4.49. The highest BCUT2D eigenvalue weighted by atomic mass is 79.9. The number of pyridine rings is 1. The molecule has 23 heavy (non-hydrogen) atoms. The van der Waals surface area contributed by atoms with E-state index in [2.05, 4.69) is 27.8 Å². The van der Waals surface area contributed by atoms with Crippen molar-refractivity contribution in [1.82, 2.24) is 14.5 Å². The lowest BCUT2D eigenvalue weighted by Crippen LogP contribution is -2.23. The number of thioether (sulfide) groups is 1. The zero-order valence-electron chi connectivity index (χ0n) is 12.7. The molecule has 0 aliphatic rings. The Bertz CT molecular complexity index is 880. The summed E-state index contributed by atoms with van der Waals surface area (Å²) in [5.41, 5.74) is 1.87. The predicted octanol–water partition coefficient (Wildman–Crippen LogP) is 4.26. The summed E-state index contributed by atoms with van der Waals surface area (Å²) in [6, 6.07) is 9.58. The monoisotopic (exact) mass is 389 g/mol. The van der Waals surface area contributed by atoms with Crippen molar-refractivity contribution < 1.29 is 0 Å².